The Morgan fingerprint density at radius 2 is 2.00 bits per heavy atom. The molecule has 0 aliphatic carbocycles. The third-order valence-corrected chi connectivity index (χ3v) is 2.88. The van der Waals surface area contributed by atoms with E-state index in [2.05, 4.69) is 53.5 Å². The third-order valence-electron chi connectivity index (χ3n) is 2.30. The standard InChI is InChI=1S/C12H20BrN3/c1-8(2)7-16(9(3)4)12-11(13)5-10(14)6-15-12/h5-6,8-9H,7,14H2,1-4H3. The zero-order chi connectivity index (χ0) is 12.3. The quantitative estimate of drug-likeness (QED) is 0.923. The molecule has 0 bridgehead atoms. The molecule has 4 heteroatoms. The summed E-state index contributed by atoms with van der Waals surface area (Å²) in [7, 11) is 0. The number of anilines is 2. The molecule has 1 aromatic heterocycles. The van der Waals surface area contributed by atoms with Crippen molar-refractivity contribution in [2.45, 2.75) is 33.7 Å². The van der Waals surface area contributed by atoms with Gasteiger partial charge in [-0.25, -0.2) is 4.98 Å². The predicted octanol–water partition coefficient (Wildman–Crippen LogP) is 3.30. The van der Waals surface area contributed by atoms with Crippen molar-refractivity contribution in [3.63, 3.8) is 0 Å². The second-order valence-electron chi connectivity index (χ2n) is 4.71. The van der Waals surface area contributed by atoms with Crippen LogP contribution in [0, 0.1) is 5.92 Å². The molecule has 0 spiro atoms. The highest BCUT2D eigenvalue weighted by Gasteiger charge is 2.16. The van der Waals surface area contributed by atoms with Crippen LogP contribution in [0.25, 0.3) is 0 Å². The molecule has 0 fully saturated rings. The number of hydrogen-bond donors (Lipinski definition) is 1. The Morgan fingerprint density at radius 3 is 2.44 bits per heavy atom. The number of halogens is 1. The highest BCUT2D eigenvalue weighted by atomic mass is 79.9. The summed E-state index contributed by atoms with van der Waals surface area (Å²) in [5.74, 6) is 1.58. The third kappa shape index (κ3) is 3.37. The van der Waals surface area contributed by atoms with Crippen molar-refractivity contribution in [2.75, 3.05) is 17.2 Å². The highest BCUT2D eigenvalue weighted by Crippen LogP contribution is 2.27. The van der Waals surface area contributed by atoms with Crippen LogP contribution >= 0.6 is 15.9 Å². The van der Waals surface area contributed by atoms with Crippen LogP contribution in [0.3, 0.4) is 0 Å². The van der Waals surface area contributed by atoms with Gasteiger partial charge in [0.25, 0.3) is 0 Å². The van der Waals surface area contributed by atoms with E-state index >= 15 is 0 Å². The first kappa shape index (κ1) is 13.3. The van der Waals surface area contributed by atoms with Gasteiger partial charge in [0.15, 0.2) is 0 Å². The average molecular weight is 286 g/mol. The van der Waals surface area contributed by atoms with E-state index in [1.807, 2.05) is 6.07 Å². The van der Waals surface area contributed by atoms with Crippen molar-refractivity contribution in [3.8, 4) is 0 Å². The van der Waals surface area contributed by atoms with Gasteiger partial charge in [0.1, 0.15) is 5.82 Å². The summed E-state index contributed by atoms with van der Waals surface area (Å²) >= 11 is 3.52. The lowest BCUT2D eigenvalue weighted by Crippen LogP contribution is -2.35. The second kappa shape index (κ2) is 5.53. The fourth-order valence-corrected chi connectivity index (χ4v) is 2.19. The van der Waals surface area contributed by atoms with Crippen LogP contribution in [0.2, 0.25) is 0 Å². The molecule has 1 aromatic rings. The van der Waals surface area contributed by atoms with Gasteiger partial charge in [0.05, 0.1) is 16.4 Å². The molecule has 3 nitrogen and oxygen atoms in total. The minimum atomic E-state index is 0.426. The van der Waals surface area contributed by atoms with Crippen LogP contribution in [-0.2, 0) is 0 Å². The van der Waals surface area contributed by atoms with Gasteiger partial charge in [-0.15, -0.1) is 0 Å². The molecule has 90 valence electrons. The Labute approximate surface area is 106 Å². The van der Waals surface area contributed by atoms with Crippen LogP contribution in [-0.4, -0.2) is 17.6 Å². The lowest BCUT2D eigenvalue weighted by atomic mass is 10.2. The van der Waals surface area contributed by atoms with Crippen molar-refractivity contribution in [3.05, 3.63) is 16.7 Å². The smallest absolute Gasteiger partial charge is 0.143 e. The van der Waals surface area contributed by atoms with E-state index in [4.69, 9.17) is 5.73 Å². The fraction of sp³-hybridized carbons (Fsp3) is 0.583. The molecule has 0 saturated carbocycles. The zero-order valence-electron chi connectivity index (χ0n) is 10.4. The summed E-state index contributed by atoms with van der Waals surface area (Å²) in [6, 6.07) is 2.33. The lowest BCUT2D eigenvalue weighted by molar-refractivity contribution is 0.565. The van der Waals surface area contributed by atoms with Crippen LogP contribution in [0.1, 0.15) is 27.7 Å². The first-order chi connectivity index (χ1) is 7.41. The van der Waals surface area contributed by atoms with Gasteiger partial charge >= 0.3 is 0 Å². The number of nitrogen functional groups attached to an aromatic ring is 1. The Morgan fingerprint density at radius 1 is 1.38 bits per heavy atom. The zero-order valence-corrected chi connectivity index (χ0v) is 12.0. The normalized spacial score (nSPS) is 11.2. The number of rotatable bonds is 4. The van der Waals surface area contributed by atoms with Gasteiger partial charge < -0.3 is 10.6 Å². The van der Waals surface area contributed by atoms with Crippen LogP contribution in [0.5, 0.6) is 0 Å². The Hall–Kier alpha value is -0.770. The molecule has 0 amide bonds. The molecule has 16 heavy (non-hydrogen) atoms. The topological polar surface area (TPSA) is 42.2 Å². The summed E-state index contributed by atoms with van der Waals surface area (Å²) in [5.41, 5.74) is 6.38. The molecule has 0 aliphatic heterocycles. The summed E-state index contributed by atoms with van der Waals surface area (Å²) in [4.78, 5) is 6.69. The Balaban J connectivity index is 3.01. The molecule has 2 N–H and O–H groups in total. The lowest BCUT2D eigenvalue weighted by Gasteiger charge is -2.30. The number of hydrogen-bond acceptors (Lipinski definition) is 3. The van der Waals surface area contributed by atoms with Crippen molar-refractivity contribution in [1.29, 1.82) is 0 Å². The Bertz CT molecular complexity index is 350. The molecule has 0 saturated heterocycles. The maximum atomic E-state index is 5.69. The van der Waals surface area contributed by atoms with Crippen LogP contribution in [0.4, 0.5) is 11.5 Å². The van der Waals surface area contributed by atoms with E-state index in [0.29, 0.717) is 17.6 Å². The molecule has 1 heterocycles. The van der Waals surface area contributed by atoms with E-state index in [0.717, 1.165) is 16.8 Å². The van der Waals surface area contributed by atoms with E-state index in [1.54, 1.807) is 6.20 Å². The molecule has 0 aromatic carbocycles. The van der Waals surface area contributed by atoms with E-state index < -0.39 is 0 Å². The molecular formula is C12H20BrN3. The Kier molecular flexibility index (Phi) is 4.59. The van der Waals surface area contributed by atoms with Gasteiger partial charge in [-0.3, -0.25) is 0 Å². The largest absolute Gasteiger partial charge is 0.397 e. The molecule has 0 radical (unpaired) electrons. The van der Waals surface area contributed by atoms with Gasteiger partial charge in [0.2, 0.25) is 0 Å². The maximum absolute atomic E-state index is 5.69. The first-order valence-electron chi connectivity index (χ1n) is 5.59. The van der Waals surface area contributed by atoms with Crippen LogP contribution in [0.15, 0.2) is 16.7 Å². The number of nitrogens with two attached hydrogens (primary N) is 1. The summed E-state index contributed by atoms with van der Waals surface area (Å²) in [6.45, 7) is 9.76. The van der Waals surface area contributed by atoms with Crippen molar-refractivity contribution in [2.24, 2.45) is 5.92 Å². The van der Waals surface area contributed by atoms with Crippen molar-refractivity contribution >= 4 is 27.4 Å². The molecule has 0 atom stereocenters. The fourth-order valence-electron chi connectivity index (χ4n) is 1.59. The second-order valence-corrected chi connectivity index (χ2v) is 5.57. The van der Waals surface area contributed by atoms with Crippen molar-refractivity contribution in [1.82, 2.24) is 4.98 Å². The molecule has 0 unspecified atom stereocenters. The van der Waals surface area contributed by atoms with Crippen molar-refractivity contribution < 1.29 is 0 Å². The first-order valence-corrected chi connectivity index (χ1v) is 6.38. The summed E-state index contributed by atoms with van der Waals surface area (Å²) in [6.07, 6.45) is 1.70. The van der Waals surface area contributed by atoms with E-state index in [9.17, 15) is 0 Å². The molecular weight excluding hydrogens is 266 g/mol. The van der Waals surface area contributed by atoms with E-state index in [-0.39, 0.29) is 0 Å². The summed E-state index contributed by atoms with van der Waals surface area (Å²) < 4.78 is 0.960. The minimum absolute atomic E-state index is 0.426. The number of pyridine rings is 1. The van der Waals surface area contributed by atoms with Gasteiger partial charge in [-0.05, 0) is 41.8 Å². The minimum Gasteiger partial charge on any atom is -0.397 e. The SMILES string of the molecule is CC(C)CN(c1ncc(N)cc1Br)C(C)C. The number of aromatic nitrogens is 1. The maximum Gasteiger partial charge on any atom is 0.143 e. The van der Waals surface area contributed by atoms with Crippen LogP contribution < -0.4 is 10.6 Å². The van der Waals surface area contributed by atoms with Gasteiger partial charge in [-0.1, -0.05) is 13.8 Å². The summed E-state index contributed by atoms with van der Waals surface area (Å²) in [5, 5.41) is 0. The molecule has 1 rings (SSSR count). The molecule has 0 aliphatic rings. The van der Waals surface area contributed by atoms with E-state index in [1.165, 1.54) is 0 Å². The number of nitrogens with zero attached hydrogens (tertiary/aromatic N) is 2. The predicted molar refractivity (Wildman–Crippen MR) is 73.7 cm³/mol. The van der Waals surface area contributed by atoms with Gasteiger partial charge in [0, 0.05) is 12.6 Å². The highest BCUT2D eigenvalue weighted by molar-refractivity contribution is 9.10. The van der Waals surface area contributed by atoms with Gasteiger partial charge in [-0.2, -0.15) is 0 Å². The average Bonchev–Trinajstić information content (AvgIpc) is 2.14. The monoisotopic (exact) mass is 285 g/mol.